The first-order valence-corrected chi connectivity index (χ1v) is 5.43. The maximum absolute atomic E-state index is 4.51. The second-order valence-electron chi connectivity index (χ2n) is 4.57. The lowest BCUT2D eigenvalue weighted by Crippen LogP contribution is -1.96. The van der Waals surface area contributed by atoms with Crippen molar-refractivity contribution in [3.05, 3.63) is 23.8 Å². The number of fused-ring (bicyclic) bond motifs is 1. The lowest BCUT2D eigenvalue weighted by atomic mass is 10.1. The molecule has 0 atom stereocenters. The number of hydrogen-bond acceptors (Lipinski definition) is 2. The fourth-order valence-electron chi connectivity index (χ4n) is 1.54. The van der Waals surface area contributed by atoms with Crippen LogP contribution in [0.5, 0.6) is 0 Å². The molecule has 0 radical (unpaired) electrons. The summed E-state index contributed by atoms with van der Waals surface area (Å²) in [6.45, 7) is 8.55. The first-order valence-electron chi connectivity index (χ1n) is 5.43. The van der Waals surface area contributed by atoms with Crippen LogP contribution in [-0.2, 0) is 0 Å². The van der Waals surface area contributed by atoms with Crippen molar-refractivity contribution < 1.29 is 0 Å². The van der Waals surface area contributed by atoms with Crippen LogP contribution < -0.4 is 0 Å². The Morgan fingerprint density at radius 3 is 2.47 bits per heavy atom. The van der Waals surface area contributed by atoms with E-state index in [2.05, 4.69) is 48.7 Å². The molecule has 0 spiro atoms. The zero-order valence-corrected chi connectivity index (χ0v) is 9.70. The van der Waals surface area contributed by atoms with Crippen molar-refractivity contribution >= 4 is 11.0 Å². The van der Waals surface area contributed by atoms with E-state index in [9.17, 15) is 0 Å². The standard InChI is InChI=1S/C12H17N3/c1-7(2)10-5-9-6-13-11(8(3)4)15-12(9)14-10/h5-8H,1-4H3,(H,13,14,15). The summed E-state index contributed by atoms with van der Waals surface area (Å²) in [6.07, 6.45) is 1.90. The van der Waals surface area contributed by atoms with Gasteiger partial charge in [-0.3, -0.25) is 0 Å². The van der Waals surface area contributed by atoms with Crippen molar-refractivity contribution in [2.24, 2.45) is 0 Å². The van der Waals surface area contributed by atoms with Gasteiger partial charge in [-0.25, -0.2) is 9.97 Å². The van der Waals surface area contributed by atoms with E-state index in [0.29, 0.717) is 11.8 Å². The maximum atomic E-state index is 4.51. The van der Waals surface area contributed by atoms with Crippen molar-refractivity contribution in [1.82, 2.24) is 15.0 Å². The maximum Gasteiger partial charge on any atom is 0.141 e. The molecular formula is C12H17N3. The Kier molecular flexibility index (Phi) is 2.47. The van der Waals surface area contributed by atoms with Crippen LogP contribution in [0.15, 0.2) is 12.3 Å². The number of nitrogens with zero attached hydrogens (tertiary/aromatic N) is 2. The van der Waals surface area contributed by atoms with E-state index >= 15 is 0 Å². The third-order valence-corrected chi connectivity index (χ3v) is 2.55. The van der Waals surface area contributed by atoms with E-state index in [-0.39, 0.29) is 0 Å². The molecule has 0 fully saturated rings. The smallest absolute Gasteiger partial charge is 0.141 e. The molecule has 0 aliphatic rings. The van der Waals surface area contributed by atoms with Crippen LogP contribution in [0.25, 0.3) is 11.0 Å². The SMILES string of the molecule is CC(C)c1ncc2cc(C(C)C)[nH]c2n1. The minimum Gasteiger partial charge on any atom is -0.343 e. The Morgan fingerprint density at radius 1 is 1.13 bits per heavy atom. The normalized spacial score (nSPS) is 11.9. The van der Waals surface area contributed by atoms with E-state index in [1.54, 1.807) is 0 Å². The predicted molar refractivity (Wildman–Crippen MR) is 62.1 cm³/mol. The zero-order valence-electron chi connectivity index (χ0n) is 9.70. The third-order valence-electron chi connectivity index (χ3n) is 2.55. The van der Waals surface area contributed by atoms with Crippen molar-refractivity contribution in [3.8, 4) is 0 Å². The van der Waals surface area contributed by atoms with Crippen molar-refractivity contribution in [3.63, 3.8) is 0 Å². The number of aromatic amines is 1. The molecule has 80 valence electrons. The quantitative estimate of drug-likeness (QED) is 0.814. The average molecular weight is 203 g/mol. The summed E-state index contributed by atoms with van der Waals surface area (Å²) < 4.78 is 0. The average Bonchev–Trinajstić information content (AvgIpc) is 2.59. The van der Waals surface area contributed by atoms with Crippen LogP contribution in [0.1, 0.15) is 51.0 Å². The van der Waals surface area contributed by atoms with E-state index in [1.807, 2.05) is 6.20 Å². The first-order chi connectivity index (χ1) is 7.08. The summed E-state index contributed by atoms with van der Waals surface area (Å²) in [5.74, 6) is 1.78. The predicted octanol–water partition coefficient (Wildman–Crippen LogP) is 3.20. The highest BCUT2D eigenvalue weighted by Crippen LogP contribution is 2.20. The summed E-state index contributed by atoms with van der Waals surface area (Å²) in [6, 6.07) is 2.13. The highest BCUT2D eigenvalue weighted by Gasteiger charge is 2.08. The number of hydrogen-bond donors (Lipinski definition) is 1. The van der Waals surface area contributed by atoms with E-state index in [0.717, 1.165) is 16.9 Å². The van der Waals surface area contributed by atoms with Crippen LogP contribution in [-0.4, -0.2) is 15.0 Å². The summed E-state index contributed by atoms with van der Waals surface area (Å²) in [7, 11) is 0. The van der Waals surface area contributed by atoms with Crippen LogP contribution in [0, 0.1) is 0 Å². The lowest BCUT2D eigenvalue weighted by molar-refractivity contribution is 0.780. The van der Waals surface area contributed by atoms with Crippen molar-refractivity contribution in [2.75, 3.05) is 0 Å². The van der Waals surface area contributed by atoms with E-state index in [1.165, 1.54) is 5.69 Å². The number of rotatable bonds is 2. The Morgan fingerprint density at radius 2 is 1.87 bits per heavy atom. The summed E-state index contributed by atoms with van der Waals surface area (Å²) >= 11 is 0. The second-order valence-corrected chi connectivity index (χ2v) is 4.57. The molecule has 3 heteroatoms. The molecule has 0 saturated carbocycles. The molecule has 0 aliphatic carbocycles. The minimum atomic E-state index is 0.375. The molecule has 0 amide bonds. The Hall–Kier alpha value is -1.38. The Labute approximate surface area is 90.0 Å². The van der Waals surface area contributed by atoms with Crippen LogP contribution in [0.4, 0.5) is 0 Å². The monoisotopic (exact) mass is 203 g/mol. The molecule has 2 rings (SSSR count). The second kappa shape index (κ2) is 3.65. The fourth-order valence-corrected chi connectivity index (χ4v) is 1.54. The van der Waals surface area contributed by atoms with Gasteiger partial charge in [-0.15, -0.1) is 0 Å². The van der Waals surface area contributed by atoms with Crippen molar-refractivity contribution in [1.29, 1.82) is 0 Å². The molecular weight excluding hydrogens is 186 g/mol. The zero-order chi connectivity index (χ0) is 11.0. The molecule has 0 unspecified atom stereocenters. The topological polar surface area (TPSA) is 41.6 Å². The Balaban J connectivity index is 2.52. The van der Waals surface area contributed by atoms with Gasteiger partial charge in [0.05, 0.1) is 0 Å². The molecule has 1 N–H and O–H groups in total. The Bertz CT molecular complexity index is 463. The van der Waals surface area contributed by atoms with Crippen LogP contribution in [0.3, 0.4) is 0 Å². The molecule has 2 aromatic heterocycles. The van der Waals surface area contributed by atoms with Gasteiger partial charge in [-0.2, -0.15) is 0 Å². The third kappa shape index (κ3) is 1.87. The molecule has 0 bridgehead atoms. The largest absolute Gasteiger partial charge is 0.343 e. The summed E-state index contributed by atoms with van der Waals surface area (Å²) in [4.78, 5) is 12.2. The van der Waals surface area contributed by atoms with E-state index < -0.39 is 0 Å². The van der Waals surface area contributed by atoms with Gasteiger partial charge >= 0.3 is 0 Å². The van der Waals surface area contributed by atoms with Gasteiger partial charge in [-0.05, 0) is 12.0 Å². The highest BCUT2D eigenvalue weighted by molar-refractivity contribution is 5.75. The highest BCUT2D eigenvalue weighted by atomic mass is 14.9. The number of aromatic nitrogens is 3. The number of H-pyrrole nitrogens is 1. The molecule has 2 aromatic rings. The van der Waals surface area contributed by atoms with Gasteiger partial charge in [-0.1, -0.05) is 27.7 Å². The molecule has 2 heterocycles. The molecule has 3 nitrogen and oxygen atoms in total. The van der Waals surface area contributed by atoms with Crippen molar-refractivity contribution in [2.45, 2.75) is 39.5 Å². The van der Waals surface area contributed by atoms with Gasteiger partial charge in [0.25, 0.3) is 0 Å². The van der Waals surface area contributed by atoms with Crippen LogP contribution >= 0.6 is 0 Å². The molecule has 15 heavy (non-hydrogen) atoms. The van der Waals surface area contributed by atoms with Crippen LogP contribution in [0.2, 0.25) is 0 Å². The lowest BCUT2D eigenvalue weighted by Gasteiger charge is -2.01. The fraction of sp³-hybridized carbons (Fsp3) is 0.500. The van der Waals surface area contributed by atoms with Gasteiger partial charge in [0, 0.05) is 23.2 Å². The molecule has 0 saturated heterocycles. The summed E-state index contributed by atoms with van der Waals surface area (Å²) in [5.41, 5.74) is 2.18. The van der Waals surface area contributed by atoms with Gasteiger partial charge in [0.15, 0.2) is 0 Å². The molecule has 0 aromatic carbocycles. The number of nitrogens with one attached hydrogen (secondary N) is 1. The van der Waals surface area contributed by atoms with Gasteiger partial charge in [0.2, 0.25) is 0 Å². The van der Waals surface area contributed by atoms with E-state index in [4.69, 9.17) is 0 Å². The van der Waals surface area contributed by atoms with Gasteiger partial charge < -0.3 is 4.98 Å². The summed E-state index contributed by atoms with van der Waals surface area (Å²) in [5, 5.41) is 1.10. The molecule has 0 aliphatic heterocycles. The first kappa shape index (κ1) is 10.1. The van der Waals surface area contributed by atoms with Gasteiger partial charge in [0.1, 0.15) is 11.5 Å². The minimum absolute atomic E-state index is 0.375.